The second kappa shape index (κ2) is 5.31. The van der Waals surface area contributed by atoms with E-state index in [1.807, 2.05) is 18.2 Å². The minimum absolute atomic E-state index is 0.508. The van der Waals surface area contributed by atoms with E-state index in [4.69, 9.17) is 17.3 Å². The molecule has 0 bridgehead atoms. The van der Waals surface area contributed by atoms with E-state index in [1.54, 1.807) is 0 Å². The lowest BCUT2D eigenvalue weighted by molar-refractivity contribution is 0.800. The normalized spacial score (nSPS) is 11.2. The van der Waals surface area contributed by atoms with E-state index in [2.05, 4.69) is 41.8 Å². The van der Waals surface area contributed by atoms with Crippen LogP contribution in [0.15, 0.2) is 48.5 Å². The Bertz CT molecular complexity index is 718. The van der Waals surface area contributed by atoms with Crippen LogP contribution in [-0.4, -0.2) is 4.57 Å². The number of nitrogens with zero attached hydrogens (tertiary/aromatic N) is 1. The molecular formula is C17H17ClN2. The zero-order chi connectivity index (χ0) is 14.1. The van der Waals surface area contributed by atoms with Gasteiger partial charge in [0.2, 0.25) is 0 Å². The van der Waals surface area contributed by atoms with E-state index in [-0.39, 0.29) is 0 Å². The predicted octanol–water partition coefficient (Wildman–Crippen LogP) is 4.44. The van der Waals surface area contributed by atoms with Crippen LogP contribution in [0.4, 0.5) is 0 Å². The van der Waals surface area contributed by atoms with Gasteiger partial charge in [-0.3, -0.25) is 0 Å². The van der Waals surface area contributed by atoms with Gasteiger partial charge in [0.25, 0.3) is 0 Å². The summed E-state index contributed by atoms with van der Waals surface area (Å²) >= 11 is 6.39. The molecule has 3 rings (SSSR count). The second-order valence-electron chi connectivity index (χ2n) is 4.77. The molecule has 2 N–H and O–H groups in total. The number of nitrogens with two attached hydrogens (primary N) is 1. The molecule has 1 heterocycles. The minimum Gasteiger partial charge on any atom is -0.340 e. The van der Waals surface area contributed by atoms with Gasteiger partial charge in [-0.1, -0.05) is 48.0 Å². The Morgan fingerprint density at radius 1 is 1.05 bits per heavy atom. The lowest BCUT2D eigenvalue weighted by Gasteiger charge is -2.11. The van der Waals surface area contributed by atoms with Crippen LogP contribution in [0, 0.1) is 0 Å². The molecule has 0 aliphatic heterocycles. The molecule has 0 saturated heterocycles. The number of halogens is 1. The Morgan fingerprint density at radius 3 is 2.45 bits per heavy atom. The molecule has 0 amide bonds. The molecule has 2 nitrogen and oxygen atoms in total. The van der Waals surface area contributed by atoms with Crippen molar-refractivity contribution in [3.63, 3.8) is 0 Å². The molecule has 0 unspecified atom stereocenters. The van der Waals surface area contributed by atoms with E-state index in [0.717, 1.165) is 28.4 Å². The van der Waals surface area contributed by atoms with Gasteiger partial charge in [0, 0.05) is 34.6 Å². The standard InChI is InChI=1S/C17H17ClN2/c1-2-20-16-10-6-4-7-12(16)14(11-19)17(20)13-8-3-5-9-15(13)18/h3-10H,2,11,19H2,1H3. The zero-order valence-corrected chi connectivity index (χ0v) is 12.2. The van der Waals surface area contributed by atoms with Gasteiger partial charge in [0.15, 0.2) is 0 Å². The van der Waals surface area contributed by atoms with Crippen molar-refractivity contribution in [3.8, 4) is 11.3 Å². The molecule has 20 heavy (non-hydrogen) atoms. The highest BCUT2D eigenvalue weighted by Crippen LogP contribution is 2.36. The van der Waals surface area contributed by atoms with E-state index < -0.39 is 0 Å². The number of benzene rings is 2. The second-order valence-corrected chi connectivity index (χ2v) is 5.18. The van der Waals surface area contributed by atoms with Crippen LogP contribution in [-0.2, 0) is 13.1 Å². The van der Waals surface area contributed by atoms with E-state index in [0.29, 0.717) is 6.54 Å². The molecule has 0 aliphatic rings. The topological polar surface area (TPSA) is 30.9 Å². The van der Waals surface area contributed by atoms with Crippen LogP contribution in [0.2, 0.25) is 5.02 Å². The molecule has 0 atom stereocenters. The van der Waals surface area contributed by atoms with Crippen molar-refractivity contribution in [1.29, 1.82) is 0 Å². The molecule has 0 fully saturated rings. The van der Waals surface area contributed by atoms with Gasteiger partial charge >= 0.3 is 0 Å². The number of para-hydroxylation sites is 1. The van der Waals surface area contributed by atoms with Gasteiger partial charge < -0.3 is 10.3 Å². The van der Waals surface area contributed by atoms with Gasteiger partial charge in [-0.25, -0.2) is 0 Å². The summed E-state index contributed by atoms with van der Waals surface area (Å²) in [4.78, 5) is 0. The third-order valence-electron chi connectivity index (χ3n) is 3.73. The third-order valence-corrected chi connectivity index (χ3v) is 4.05. The van der Waals surface area contributed by atoms with E-state index in [9.17, 15) is 0 Å². The van der Waals surface area contributed by atoms with Crippen LogP contribution < -0.4 is 5.73 Å². The lowest BCUT2D eigenvalue weighted by Crippen LogP contribution is -2.02. The fourth-order valence-corrected chi connectivity index (χ4v) is 3.10. The molecule has 1 aromatic heterocycles. The first-order chi connectivity index (χ1) is 9.77. The van der Waals surface area contributed by atoms with Gasteiger partial charge in [-0.15, -0.1) is 0 Å². The Hall–Kier alpha value is -1.77. The minimum atomic E-state index is 0.508. The summed E-state index contributed by atoms with van der Waals surface area (Å²) in [5.74, 6) is 0. The van der Waals surface area contributed by atoms with Gasteiger partial charge in [-0.05, 0) is 24.6 Å². The molecule has 102 valence electrons. The van der Waals surface area contributed by atoms with Crippen LogP contribution in [0.3, 0.4) is 0 Å². The largest absolute Gasteiger partial charge is 0.340 e. The van der Waals surface area contributed by atoms with Crippen LogP contribution >= 0.6 is 11.6 Å². The summed E-state index contributed by atoms with van der Waals surface area (Å²) in [6, 6.07) is 16.3. The fourth-order valence-electron chi connectivity index (χ4n) is 2.87. The van der Waals surface area contributed by atoms with Crippen molar-refractivity contribution in [3.05, 3.63) is 59.1 Å². The molecular weight excluding hydrogens is 268 g/mol. The monoisotopic (exact) mass is 284 g/mol. The number of hydrogen-bond acceptors (Lipinski definition) is 1. The highest BCUT2D eigenvalue weighted by atomic mass is 35.5. The highest BCUT2D eigenvalue weighted by Gasteiger charge is 2.17. The first-order valence-electron chi connectivity index (χ1n) is 6.83. The molecule has 3 heteroatoms. The van der Waals surface area contributed by atoms with Crippen LogP contribution in [0.1, 0.15) is 12.5 Å². The maximum absolute atomic E-state index is 6.39. The van der Waals surface area contributed by atoms with Crippen molar-refractivity contribution in [2.24, 2.45) is 5.73 Å². The number of hydrogen-bond donors (Lipinski definition) is 1. The average Bonchev–Trinajstić information content (AvgIpc) is 2.81. The van der Waals surface area contributed by atoms with Gasteiger partial charge in [0.05, 0.1) is 5.69 Å². The Morgan fingerprint density at radius 2 is 1.75 bits per heavy atom. The highest BCUT2D eigenvalue weighted by molar-refractivity contribution is 6.33. The lowest BCUT2D eigenvalue weighted by atomic mass is 10.1. The number of fused-ring (bicyclic) bond motifs is 1. The maximum atomic E-state index is 6.39. The number of aryl methyl sites for hydroxylation is 1. The Kier molecular flexibility index (Phi) is 3.51. The van der Waals surface area contributed by atoms with Crippen LogP contribution in [0.25, 0.3) is 22.2 Å². The summed E-state index contributed by atoms with van der Waals surface area (Å²) < 4.78 is 2.29. The van der Waals surface area contributed by atoms with Gasteiger partial charge in [-0.2, -0.15) is 0 Å². The van der Waals surface area contributed by atoms with Crippen molar-refractivity contribution in [1.82, 2.24) is 4.57 Å². The zero-order valence-electron chi connectivity index (χ0n) is 11.4. The first-order valence-corrected chi connectivity index (χ1v) is 7.20. The summed E-state index contributed by atoms with van der Waals surface area (Å²) in [6.45, 7) is 3.54. The van der Waals surface area contributed by atoms with E-state index >= 15 is 0 Å². The van der Waals surface area contributed by atoms with Crippen molar-refractivity contribution in [2.45, 2.75) is 20.0 Å². The summed E-state index contributed by atoms with van der Waals surface area (Å²) in [7, 11) is 0. The SMILES string of the molecule is CCn1c(-c2ccccc2Cl)c(CN)c2ccccc21. The Labute approximate surface area is 123 Å². The summed E-state index contributed by atoms with van der Waals surface area (Å²) in [5.41, 5.74) is 10.6. The summed E-state index contributed by atoms with van der Waals surface area (Å²) in [5, 5.41) is 1.98. The maximum Gasteiger partial charge on any atom is 0.0551 e. The third kappa shape index (κ3) is 1.92. The van der Waals surface area contributed by atoms with E-state index in [1.165, 1.54) is 10.9 Å². The fraction of sp³-hybridized carbons (Fsp3) is 0.176. The molecule has 0 saturated carbocycles. The molecule has 0 spiro atoms. The first kappa shape index (κ1) is 13.2. The Balaban J connectivity index is 2.43. The van der Waals surface area contributed by atoms with Crippen molar-refractivity contribution < 1.29 is 0 Å². The molecule has 0 aliphatic carbocycles. The molecule has 3 aromatic rings. The average molecular weight is 285 g/mol. The van der Waals surface area contributed by atoms with Crippen molar-refractivity contribution >= 4 is 22.5 Å². The van der Waals surface area contributed by atoms with Crippen molar-refractivity contribution in [2.75, 3.05) is 0 Å². The van der Waals surface area contributed by atoms with Gasteiger partial charge in [0.1, 0.15) is 0 Å². The molecule has 2 aromatic carbocycles. The summed E-state index contributed by atoms with van der Waals surface area (Å²) in [6.07, 6.45) is 0. The predicted molar refractivity (Wildman–Crippen MR) is 85.9 cm³/mol. The number of aromatic nitrogens is 1. The quantitative estimate of drug-likeness (QED) is 0.757. The number of rotatable bonds is 3. The smallest absolute Gasteiger partial charge is 0.0551 e. The molecule has 0 radical (unpaired) electrons. The van der Waals surface area contributed by atoms with Crippen LogP contribution in [0.5, 0.6) is 0 Å².